The van der Waals surface area contributed by atoms with Crippen molar-refractivity contribution in [3.05, 3.63) is 11.6 Å². The van der Waals surface area contributed by atoms with E-state index in [9.17, 15) is 15.0 Å². The van der Waals surface area contributed by atoms with E-state index >= 15 is 0 Å². The summed E-state index contributed by atoms with van der Waals surface area (Å²) in [6.07, 6.45) is 10.6. The van der Waals surface area contributed by atoms with Crippen molar-refractivity contribution in [3.8, 4) is 0 Å². The number of hydrogen-bond donors (Lipinski definition) is 2. The largest absolute Gasteiger partial charge is 0.481 e. The topological polar surface area (TPSA) is 57.5 Å². The first-order valence-corrected chi connectivity index (χ1v) is 9.28. The maximum absolute atomic E-state index is 12.0. The van der Waals surface area contributed by atoms with E-state index in [1.165, 1.54) is 6.42 Å². The number of hydrogen-bond acceptors (Lipinski definition) is 2. The van der Waals surface area contributed by atoms with Gasteiger partial charge in [-0.25, -0.2) is 0 Å². The van der Waals surface area contributed by atoms with Gasteiger partial charge in [0.05, 0.1) is 5.41 Å². The van der Waals surface area contributed by atoms with Crippen LogP contribution >= 0.6 is 0 Å². The Balaban J connectivity index is 1.92. The minimum absolute atomic E-state index is 0.135. The smallest absolute Gasteiger partial charge is 0.309 e. The van der Waals surface area contributed by atoms with E-state index in [-0.39, 0.29) is 23.4 Å². The number of rotatable bonds is 3. The highest BCUT2D eigenvalue weighted by Gasteiger charge is 2.58. The van der Waals surface area contributed by atoms with Crippen LogP contribution in [0.2, 0.25) is 0 Å². The van der Waals surface area contributed by atoms with Gasteiger partial charge in [0.1, 0.15) is 0 Å². The lowest BCUT2D eigenvalue weighted by Crippen LogP contribution is -2.53. The lowest BCUT2D eigenvalue weighted by Gasteiger charge is -2.58. The molecule has 0 amide bonds. The fourth-order valence-electron chi connectivity index (χ4n) is 6.22. The fraction of sp³-hybridized carbons (Fsp3) is 0.850. The van der Waals surface area contributed by atoms with Crippen molar-refractivity contribution in [2.45, 2.75) is 72.1 Å². The molecule has 0 spiro atoms. The lowest BCUT2D eigenvalue weighted by molar-refractivity contribution is -0.163. The second-order valence-electron chi connectivity index (χ2n) is 9.20. The molecule has 0 saturated heterocycles. The summed E-state index contributed by atoms with van der Waals surface area (Å²) < 4.78 is 0. The van der Waals surface area contributed by atoms with Gasteiger partial charge in [-0.15, -0.1) is 0 Å². The molecule has 3 nitrogen and oxygen atoms in total. The van der Waals surface area contributed by atoms with Crippen LogP contribution in [-0.4, -0.2) is 22.8 Å². The third-order valence-electron chi connectivity index (χ3n) is 7.71. The van der Waals surface area contributed by atoms with Gasteiger partial charge in [0.25, 0.3) is 0 Å². The van der Waals surface area contributed by atoms with Crippen LogP contribution in [-0.2, 0) is 4.79 Å². The van der Waals surface area contributed by atoms with Crippen LogP contribution in [0.15, 0.2) is 11.6 Å². The molecule has 0 unspecified atom stereocenters. The summed E-state index contributed by atoms with van der Waals surface area (Å²) >= 11 is 0. The normalized spacial score (nSPS) is 46.5. The van der Waals surface area contributed by atoms with Gasteiger partial charge >= 0.3 is 5.97 Å². The van der Waals surface area contributed by atoms with E-state index in [2.05, 4.69) is 19.9 Å². The molecule has 5 atom stereocenters. The molecule has 0 bridgehead atoms. The summed E-state index contributed by atoms with van der Waals surface area (Å²) in [5, 5.41) is 19.2. The maximum Gasteiger partial charge on any atom is 0.309 e. The van der Waals surface area contributed by atoms with Gasteiger partial charge in [-0.05, 0) is 74.5 Å². The first-order valence-electron chi connectivity index (χ1n) is 9.28. The van der Waals surface area contributed by atoms with Gasteiger partial charge < -0.3 is 10.2 Å². The molecule has 0 heterocycles. The Morgan fingerprint density at radius 3 is 2.65 bits per heavy atom. The molecule has 0 aromatic rings. The van der Waals surface area contributed by atoms with Crippen molar-refractivity contribution in [1.82, 2.24) is 0 Å². The molecule has 3 aliphatic carbocycles. The van der Waals surface area contributed by atoms with Crippen LogP contribution in [0.3, 0.4) is 0 Å². The van der Waals surface area contributed by atoms with Crippen LogP contribution < -0.4 is 0 Å². The Morgan fingerprint density at radius 1 is 1.26 bits per heavy atom. The van der Waals surface area contributed by atoms with Gasteiger partial charge in [-0.2, -0.15) is 0 Å². The van der Waals surface area contributed by atoms with Gasteiger partial charge in [0.15, 0.2) is 0 Å². The van der Waals surface area contributed by atoms with E-state index in [1.807, 2.05) is 6.92 Å². The molecule has 2 fully saturated rings. The van der Waals surface area contributed by atoms with Gasteiger partial charge in [0.2, 0.25) is 0 Å². The number of carboxylic acids is 1. The van der Waals surface area contributed by atoms with Crippen molar-refractivity contribution in [2.75, 3.05) is 6.61 Å². The Bertz CT molecular complexity index is 525. The van der Waals surface area contributed by atoms with E-state index in [0.717, 1.165) is 44.9 Å². The second kappa shape index (κ2) is 5.61. The van der Waals surface area contributed by atoms with Crippen LogP contribution in [0, 0.1) is 28.1 Å². The van der Waals surface area contributed by atoms with Crippen LogP contribution in [0.5, 0.6) is 0 Å². The average molecular weight is 320 g/mol. The summed E-state index contributed by atoms with van der Waals surface area (Å²) in [6, 6.07) is 0. The molecule has 3 rings (SSSR count). The van der Waals surface area contributed by atoms with Gasteiger partial charge in [-0.1, -0.05) is 31.9 Å². The van der Waals surface area contributed by atoms with Gasteiger partial charge in [0, 0.05) is 6.61 Å². The molecule has 2 saturated carbocycles. The number of allylic oxidation sites excluding steroid dienone is 2. The molecule has 0 aromatic heterocycles. The third kappa shape index (κ3) is 2.56. The molecule has 130 valence electrons. The number of fused-ring (bicyclic) bond motifs is 3. The zero-order valence-corrected chi connectivity index (χ0v) is 14.9. The van der Waals surface area contributed by atoms with Crippen LogP contribution in [0.1, 0.15) is 72.1 Å². The average Bonchev–Trinajstić information content (AvgIpc) is 2.46. The van der Waals surface area contributed by atoms with Crippen molar-refractivity contribution >= 4 is 5.97 Å². The number of aliphatic hydroxyl groups is 1. The summed E-state index contributed by atoms with van der Waals surface area (Å²) in [5.74, 6) is 0.204. The monoisotopic (exact) mass is 320 g/mol. The Hall–Kier alpha value is -0.830. The number of carbonyl (C=O) groups is 1. The molecule has 0 aromatic carbocycles. The summed E-state index contributed by atoms with van der Waals surface area (Å²) in [5.41, 5.74) is 1.35. The highest BCUT2D eigenvalue weighted by Crippen LogP contribution is 2.63. The van der Waals surface area contributed by atoms with Crippen LogP contribution in [0.25, 0.3) is 0 Å². The zero-order chi connectivity index (χ0) is 16.9. The van der Waals surface area contributed by atoms with Crippen molar-refractivity contribution in [2.24, 2.45) is 28.1 Å². The van der Waals surface area contributed by atoms with E-state index in [1.54, 1.807) is 5.57 Å². The van der Waals surface area contributed by atoms with Crippen molar-refractivity contribution < 1.29 is 15.0 Å². The highest BCUT2D eigenvalue weighted by atomic mass is 16.4. The highest BCUT2D eigenvalue weighted by molar-refractivity contribution is 5.75. The molecule has 0 aliphatic heterocycles. The van der Waals surface area contributed by atoms with E-state index in [0.29, 0.717) is 5.92 Å². The van der Waals surface area contributed by atoms with Crippen molar-refractivity contribution in [1.29, 1.82) is 0 Å². The molecule has 23 heavy (non-hydrogen) atoms. The maximum atomic E-state index is 12.0. The lowest BCUT2D eigenvalue weighted by atomic mass is 9.45. The standard InChI is InChI=1S/C20H32O3/c1-18(11-12-21)10-7-15-14(13-18)5-6-16-19(15,2)8-4-9-20(16,3)17(22)23/h5,15-16,21H,4,6-13H2,1-3H3,(H,22,23)/t15-,16+,18+,19+,20-/m0/s1. The predicted molar refractivity (Wildman–Crippen MR) is 91.0 cm³/mol. The Kier molecular flexibility index (Phi) is 4.15. The van der Waals surface area contributed by atoms with E-state index < -0.39 is 11.4 Å². The van der Waals surface area contributed by atoms with Gasteiger partial charge in [-0.3, -0.25) is 4.79 Å². The second-order valence-corrected chi connectivity index (χ2v) is 9.20. The summed E-state index contributed by atoms with van der Waals surface area (Å²) in [6.45, 7) is 6.92. The minimum Gasteiger partial charge on any atom is -0.481 e. The minimum atomic E-state index is -0.605. The van der Waals surface area contributed by atoms with Crippen LogP contribution in [0.4, 0.5) is 0 Å². The fourth-order valence-corrected chi connectivity index (χ4v) is 6.22. The predicted octanol–water partition coefficient (Wildman–Crippen LogP) is 4.40. The van der Waals surface area contributed by atoms with E-state index in [4.69, 9.17) is 0 Å². The number of aliphatic carboxylic acids is 1. The first kappa shape index (κ1) is 17.0. The summed E-state index contributed by atoms with van der Waals surface area (Å²) in [4.78, 5) is 12.0. The SMILES string of the molecule is C[C@]1(CCO)CC[C@H]2C(=CC[C@@H]3[C@]2(C)CCC[C@]3(C)C(=O)O)C1. The molecule has 0 radical (unpaired) electrons. The molecular weight excluding hydrogens is 288 g/mol. The molecule has 2 N–H and O–H groups in total. The molecule has 3 aliphatic rings. The summed E-state index contributed by atoms with van der Waals surface area (Å²) in [7, 11) is 0. The van der Waals surface area contributed by atoms with Crippen molar-refractivity contribution in [3.63, 3.8) is 0 Å². The number of aliphatic hydroxyl groups excluding tert-OH is 1. The zero-order valence-electron chi connectivity index (χ0n) is 14.9. The first-order chi connectivity index (χ1) is 10.8. The quantitative estimate of drug-likeness (QED) is 0.758. The molecular formula is C20H32O3. The molecule has 3 heteroatoms. The Labute approximate surface area is 140 Å². The third-order valence-corrected chi connectivity index (χ3v) is 7.71. The Morgan fingerprint density at radius 2 is 2.00 bits per heavy atom. The number of carboxylic acid groups (broad SMARTS) is 1.